The number of halogens is 2. The highest BCUT2D eigenvalue weighted by molar-refractivity contribution is 6.33. The molecular formula is C54H50Cl2N8O10. The van der Waals surface area contributed by atoms with Gasteiger partial charge in [-0.05, 0) is 94.8 Å². The highest BCUT2D eigenvalue weighted by Crippen LogP contribution is 2.37. The van der Waals surface area contributed by atoms with E-state index in [2.05, 4.69) is 68.4 Å². The Morgan fingerprint density at radius 3 is 1.36 bits per heavy atom. The van der Waals surface area contributed by atoms with Crippen molar-refractivity contribution in [1.29, 1.82) is 0 Å². The van der Waals surface area contributed by atoms with Gasteiger partial charge in [-0.1, -0.05) is 94.2 Å². The fourth-order valence-electron chi connectivity index (χ4n) is 9.29. The fraction of sp³-hybridized carbons (Fsp3) is 0.259. The van der Waals surface area contributed by atoms with Crippen LogP contribution in [-0.4, -0.2) is 114 Å². The molecule has 4 aromatic heterocycles. The number of aliphatic hydroxyl groups is 2. The van der Waals surface area contributed by atoms with Crippen LogP contribution >= 0.6 is 23.2 Å². The molecule has 6 heterocycles. The van der Waals surface area contributed by atoms with E-state index in [4.69, 9.17) is 41.7 Å². The number of aliphatic hydroxyl groups excluding tert-OH is 2. The van der Waals surface area contributed by atoms with Gasteiger partial charge in [-0.15, -0.1) is 0 Å². The van der Waals surface area contributed by atoms with Gasteiger partial charge in [0.05, 0.1) is 35.5 Å². The number of rotatable bonds is 14. The summed E-state index contributed by atoms with van der Waals surface area (Å²) in [5.74, 6) is -0.254. The first-order valence-corrected chi connectivity index (χ1v) is 24.2. The number of pyridine rings is 2. The molecule has 18 nitrogen and oxygen atoms in total. The summed E-state index contributed by atoms with van der Waals surface area (Å²) in [7, 11) is 3.31. The molecule has 2 saturated heterocycles. The number of methoxy groups -OCH3 is 2. The molecule has 74 heavy (non-hydrogen) atoms. The molecule has 4 aromatic carbocycles. The van der Waals surface area contributed by atoms with E-state index in [1.54, 1.807) is 26.4 Å². The van der Waals surface area contributed by atoms with Crippen molar-refractivity contribution in [3.8, 4) is 67.9 Å². The van der Waals surface area contributed by atoms with Crippen LogP contribution in [0.5, 0.6) is 0 Å². The maximum absolute atomic E-state index is 11.6. The summed E-state index contributed by atoms with van der Waals surface area (Å²) in [5.41, 5.74) is 11.2. The van der Waals surface area contributed by atoms with Crippen LogP contribution in [0.15, 0.2) is 119 Å². The molecule has 0 bridgehead atoms. The van der Waals surface area contributed by atoms with Gasteiger partial charge in [0.1, 0.15) is 23.7 Å². The van der Waals surface area contributed by atoms with Crippen LogP contribution in [0.4, 0.5) is 11.6 Å². The zero-order chi connectivity index (χ0) is 52.2. The third kappa shape index (κ3) is 10.9. The van der Waals surface area contributed by atoms with E-state index in [1.165, 1.54) is 33.3 Å². The second-order valence-electron chi connectivity index (χ2n) is 17.9. The summed E-state index contributed by atoms with van der Waals surface area (Å²) in [6.45, 7) is 5.25. The first-order chi connectivity index (χ1) is 35.7. The second kappa shape index (κ2) is 22.3. The number of carboxylic acid groups (broad SMARTS) is 2. The Kier molecular flexibility index (Phi) is 15.4. The minimum Gasteiger partial charge on any atom is -0.480 e. The van der Waals surface area contributed by atoms with Gasteiger partial charge in [-0.2, -0.15) is 9.97 Å². The quantitative estimate of drug-likeness (QED) is 0.0793. The normalized spacial score (nSPS) is 17.4. The number of benzene rings is 4. The number of carboxylic acids is 2. The number of hydrogen-bond acceptors (Lipinski definition) is 16. The molecule has 20 heteroatoms. The van der Waals surface area contributed by atoms with Crippen LogP contribution in [-0.2, 0) is 32.3 Å². The topological polar surface area (TPSA) is 244 Å². The van der Waals surface area contributed by atoms with E-state index >= 15 is 0 Å². The van der Waals surface area contributed by atoms with Crippen LogP contribution < -0.4 is 9.80 Å². The molecule has 0 aliphatic carbocycles. The SMILES string of the molecule is COCc1cc(-c2nc(-c3cnc(N4C[C@H](O)C[C@@H]4C(=O)O)c(Cl)c3)no2)ccc1-c1ccccc1C.COCc1cc(-c2nc(-c3cnc(N4C[C@H](O)C[C@H]4C(=O)O)c(Cl)c3)no2)ccc1-c1ccccc1C. The number of aromatic nitrogens is 6. The van der Waals surface area contributed by atoms with Gasteiger partial charge in [0, 0.05) is 74.8 Å². The third-order valence-electron chi connectivity index (χ3n) is 12.9. The van der Waals surface area contributed by atoms with E-state index in [1.807, 2.05) is 60.7 Å². The summed E-state index contributed by atoms with van der Waals surface area (Å²) < 4.78 is 22.0. The molecule has 0 unspecified atom stereocenters. The number of β-amino-alcohol motifs (C(OH)–C–C–N with tert-alkyl or cyclic N) is 2. The molecule has 380 valence electrons. The first kappa shape index (κ1) is 51.3. The van der Waals surface area contributed by atoms with Gasteiger partial charge in [-0.25, -0.2) is 19.6 Å². The van der Waals surface area contributed by atoms with E-state index in [-0.39, 0.29) is 47.6 Å². The predicted molar refractivity (Wildman–Crippen MR) is 277 cm³/mol. The number of nitrogens with zero attached hydrogens (tertiary/aromatic N) is 8. The molecule has 2 aliphatic rings. The van der Waals surface area contributed by atoms with Crippen LogP contribution in [0.25, 0.3) is 67.9 Å². The van der Waals surface area contributed by atoms with Crippen molar-refractivity contribution >= 4 is 46.8 Å². The Labute approximate surface area is 434 Å². The highest BCUT2D eigenvalue weighted by atomic mass is 35.5. The molecule has 8 aromatic rings. The van der Waals surface area contributed by atoms with Crippen molar-refractivity contribution in [1.82, 2.24) is 30.2 Å². The Morgan fingerprint density at radius 2 is 1.00 bits per heavy atom. The zero-order valence-corrected chi connectivity index (χ0v) is 42.0. The zero-order valence-electron chi connectivity index (χ0n) is 40.5. The predicted octanol–water partition coefficient (Wildman–Crippen LogP) is 9.20. The summed E-state index contributed by atoms with van der Waals surface area (Å²) in [5, 5.41) is 47.5. The molecule has 0 spiro atoms. The van der Waals surface area contributed by atoms with Crippen molar-refractivity contribution in [2.45, 2.75) is 64.2 Å². The standard InChI is InChI=1S/2C27H25ClN4O5/c2*1-15-5-3-4-6-20(15)21-8-7-16(9-18(21)14-36-2)26-30-24(31-37-26)17-10-22(28)25(29-12-17)32-13-19(33)11-23(32)27(34)35/h2*3-10,12,19,23,33H,11,13-14H2,1-2H3,(H,34,35)/t19-,23+;19-,23-/m11/s1. The monoisotopic (exact) mass is 1040 g/mol. The molecule has 4 N–H and O–H groups in total. The highest BCUT2D eigenvalue weighted by Gasteiger charge is 2.39. The second-order valence-corrected chi connectivity index (χ2v) is 18.8. The largest absolute Gasteiger partial charge is 0.480 e. The maximum atomic E-state index is 11.6. The van der Waals surface area contributed by atoms with E-state index in [0.29, 0.717) is 47.8 Å². The van der Waals surface area contributed by atoms with Crippen molar-refractivity contribution in [2.24, 2.45) is 0 Å². The lowest BCUT2D eigenvalue weighted by molar-refractivity contribution is -0.139. The lowest BCUT2D eigenvalue weighted by atomic mass is 9.94. The average Bonchev–Trinajstić information content (AvgIpc) is 4.23. The first-order valence-electron chi connectivity index (χ1n) is 23.4. The molecular weight excluding hydrogens is 992 g/mol. The van der Waals surface area contributed by atoms with Gasteiger partial charge in [0.25, 0.3) is 11.8 Å². The average molecular weight is 1040 g/mol. The van der Waals surface area contributed by atoms with Crippen LogP contribution in [0.3, 0.4) is 0 Å². The molecule has 0 amide bonds. The molecule has 0 radical (unpaired) electrons. The van der Waals surface area contributed by atoms with Crippen LogP contribution in [0.2, 0.25) is 10.0 Å². The van der Waals surface area contributed by atoms with Crippen molar-refractivity contribution in [3.05, 3.63) is 142 Å². The summed E-state index contributed by atoms with van der Waals surface area (Å²) in [4.78, 5) is 43.9. The third-order valence-corrected chi connectivity index (χ3v) is 13.4. The molecule has 2 fully saturated rings. The smallest absolute Gasteiger partial charge is 0.326 e. The van der Waals surface area contributed by atoms with Crippen molar-refractivity contribution in [2.75, 3.05) is 37.1 Å². The minimum atomic E-state index is -1.04. The van der Waals surface area contributed by atoms with Gasteiger partial charge in [0.2, 0.25) is 11.6 Å². The molecule has 0 saturated carbocycles. The van der Waals surface area contributed by atoms with Crippen molar-refractivity contribution in [3.63, 3.8) is 0 Å². The lowest BCUT2D eigenvalue weighted by Gasteiger charge is -2.23. The van der Waals surface area contributed by atoms with Crippen molar-refractivity contribution < 1.29 is 48.5 Å². The van der Waals surface area contributed by atoms with E-state index < -0.39 is 36.2 Å². The van der Waals surface area contributed by atoms with E-state index in [0.717, 1.165) is 44.5 Å². The van der Waals surface area contributed by atoms with Gasteiger partial charge >= 0.3 is 11.9 Å². The Hall–Kier alpha value is -7.58. The molecule has 10 rings (SSSR count). The number of ether oxygens (including phenoxy) is 2. The van der Waals surface area contributed by atoms with Crippen LogP contribution in [0.1, 0.15) is 35.1 Å². The van der Waals surface area contributed by atoms with Gasteiger partial charge < -0.3 is 48.7 Å². The number of anilines is 2. The van der Waals surface area contributed by atoms with E-state index in [9.17, 15) is 30.0 Å². The van der Waals surface area contributed by atoms with Gasteiger partial charge in [-0.3, -0.25) is 0 Å². The molecule has 4 atom stereocenters. The maximum Gasteiger partial charge on any atom is 0.326 e. The number of carbonyl (C=O) groups is 2. The van der Waals surface area contributed by atoms with Crippen LogP contribution in [0, 0.1) is 13.8 Å². The number of aliphatic carboxylic acids is 2. The summed E-state index contributed by atoms with van der Waals surface area (Å²) in [6.07, 6.45) is 1.71. The van der Waals surface area contributed by atoms with Gasteiger partial charge in [0.15, 0.2) is 0 Å². The Bertz CT molecular complexity index is 3130. The molecule has 2 aliphatic heterocycles. The summed E-state index contributed by atoms with van der Waals surface area (Å²) >= 11 is 12.9. The number of hydrogen-bond donors (Lipinski definition) is 4. The fourth-order valence-corrected chi connectivity index (χ4v) is 9.84. The Morgan fingerprint density at radius 1 is 0.595 bits per heavy atom. The summed E-state index contributed by atoms with van der Waals surface area (Å²) in [6, 6.07) is 29.6. The lowest BCUT2D eigenvalue weighted by Crippen LogP contribution is -2.36. The Balaban J connectivity index is 0.000000182. The number of aryl methyl sites for hydroxylation is 2. The minimum absolute atomic E-state index is 0.108.